The molecule has 0 bridgehead atoms. The summed E-state index contributed by atoms with van der Waals surface area (Å²) in [5.41, 5.74) is 0.849. The van der Waals surface area contributed by atoms with Crippen molar-refractivity contribution in [1.29, 1.82) is 0 Å². The second-order valence-electron chi connectivity index (χ2n) is 5.25. The number of benzene rings is 1. The molecule has 0 spiro atoms. The second kappa shape index (κ2) is 4.15. The number of epoxide rings is 1. The molecule has 2 amide bonds. The monoisotopic (exact) mass is 261 g/mol. The highest BCUT2D eigenvalue weighted by Crippen LogP contribution is 2.35. The lowest BCUT2D eigenvalue weighted by atomic mass is 9.99. The van der Waals surface area contributed by atoms with E-state index in [1.54, 1.807) is 24.3 Å². The van der Waals surface area contributed by atoms with Gasteiger partial charge in [-0.25, -0.2) is 0 Å². The van der Waals surface area contributed by atoms with Crippen LogP contribution in [0.3, 0.4) is 0 Å². The summed E-state index contributed by atoms with van der Waals surface area (Å²) in [5.74, 6) is -0.589. The van der Waals surface area contributed by atoms with Gasteiger partial charge in [-0.2, -0.15) is 0 Å². The molecule has 3 atom stereocenters. The van der Waals surface area contributed by atoms with Crippen LogP contribution in [-0.4, -0.2) is 40.3 Å². The van der Waals surface area contributed by atoms with E-state index in [1.165, 1.54) is 4.90 Å². The number of hydrogen-bond acceptors (Lipinski definition) is 4. The van der Waals surface area contributed by atoms with E-state index in [9.17, 15) is 14.7 Å². The molecule has 19 heavy (non-hydrogen) atoms. The van der Waals surface area contributed by atoms with Crippen LogP contribution in [0.4, 0.5) is 0 Å². The molecule has 1 saturated heterocycles. The molecule has 0 aromatic heterocycles. The number of carbonyl (C=O) groups excluding carboxylic acids is 2. The van der Waals surface area contributed by atoms with Gasteiger partial charge in [-0.3, -0.25) is 14.5 Å². The molecule has 0 radical (unpaired) electrons. The fraction of sp³-hybridized carbons (Fsp3) is 0.429. The molecule has 0 saturated carbocycles. The highest BCUT2D eigenvalue weighted by molar-refractivity contribution is 6.21. The lowest BCUT2D eigenvalue weighted by molar-refractivity contribution is 0.0503. The van der Waals surface area contributed by atoms with Gasteiger partial charge in [0.25, 0.3) is 11.8 Å². The Balaban J connectivity index is 1.98. The zero-order valence-electron chi connectivity index (χ0n) is 10.7. The zero-order valence-corrected chi connectivity index (χ0v) is 10.7. The van der Waals surface area contributed by atoms with Crippen molar-refractivity contribution in [2.24, 2.45) is 5.92 Å². The predicted octanol–water partition coefficient (Wildman–Crippen LogP) is 1.02. The molecule has 5 heteroatoms. The standard InChI is InChI=1S/C14H15NO4/c1-7(2)10(11-14(18)19-11)15-12(16)8-5-3-4-6-9(8)13(15)17/h3-7,10-11,14,18H,1-2H3. The summed E-state index contributed by atoms with van der Waals surface area (Å²) in [4.78, 5) is 26.0. The van der Waals surface area contributed by atoms with E-state index in [0.29, 0.717) is 11.1 Å². The summed E-state index contributed by atoms with van der Waals surface area (Å²) >= 11 is 0. The molecule has 3 unspecified atom stereocenters. The molecule has 2 heterocycles. The number of rotatable bonds is 3. The van der Waals surface area contributed by atoms with Crippen LogP contribution in [0, 0.1) is 5.92 Å². The van der Waals surface area contributed by atoms with Gasteiger partial charge >= 0.3 is 0 Å². The van der Waals surface area contributed by atoms with E-state index >= 15 is 0 Å². The van der Waals surface area contributed by atoms with Crippen LogP contribution in [0.1, 0.15) is 34.6 Å². The van der Waals surface area contributed by atoms with Crippen LogP contribution >= 0.6 is 0 Å². The van der Waals surface area contributed by atoms with E-state index in [2.05, 4.69) is 0 Å². The van der Waals surface area contributed by atoms with Gasteiger partial charge in [-0.15, -0.1) is 0 Å². The number of nitrogens with zero attached hydrogens (tertiary/aromatic N) is 1. The van der Waals surface area contributed by atoms with Crippen molar-refractivity contribution in [3.05, 3.63) is 35.4 Å². The fourth-order valence-corrected chi connectivity index (χ4v) is 2.67. The SMILES string of the molecule is CC(C)C(C1OC1O)N1C(=O)c2ccccc2C1=O. The molecule has 100 valence electrons. The van der Waals surface area contributed by atoms with Gasteiger partial charge < -0.3 is 9.84 Å². The van der Waals surface area contributed by atoms with Gasteiger partial charge in [0.05, 0.1) is 17.2 Å². The van der Waals surface area contributed by atoms with Crippen molar-refractivity contribution in [3.8, 4) is 0 Å². The maximum atomic E-state index is 12.4. The quantitative estimate of drug-likeness (QED) is 0.651. The molecule has 3 rings (SSSR count). The highest BCUT2D eigenvalue weighted by atomic mass is 16.7. The first-order valence-corrected chi connectivity index (χ1v) is 6.33. The number of carbonyl (C=O) groups is 2. The van der Waals surface area contributed by atoms with Crippen molar-refractivity contribution >= 4 is 11.8 Å². The maximum absolute atomic E-state index is 12.4. The van der Waals surface area contributed by atoms with Crippen LogP contribution in [0.15, 0.2) is 24.3 Å². The summed E-state index contributed by atoms with van der Waals surface area (Å²) in [6.45, 7) is 3.81. The second-order valence-corrected chi connectivity index (χ2v) is 5.25. The number of ether oxygens (including phenoxy) is 1. The smallest absolute Gasteiger partial charge is 0.261 e. The Kier molecular flexibility index (Phi) is 2.69. The van der Waals surface area contributed by atoms with E-state index in [0.717, 1.165) is 0 Å². The van der Waals surface area contributed by atoms with Gasteiger partial charge in [-0.05, 0) is 18.1 Å². The average Bonchev–Trinajstić information content (AvgIpc) is 3.04. The van der Waals surface area contributed by atoms with E-state index in [-0.39, 0.29) is 17.7 Å². The number of aliphatic hydroxyl groups excluding tert-OH is 1. The number of amides is 2. The van der Waals surface area contributed by atoms with Crippen LogP contribution in [0.5, 0.6) is 0 Å². The molecule has 0 aliphatic carbocycles. The first-order valence-electron chi connectivity index (χ1n) is 6.33. The molecule has 1 aromatic carbocycles. The minimum Gasteiger partial charge on any atom is -0.366 e. The largest absolute Gasteiger partial charge is 0.366 e. The molecular weight excluding hydrogens is 246 g/mol. The van der Waals surface area contributed by atoms with Crippen LogP contribution in [0.25, 0.3) is 0 Å². The van der Waals surface area contributed by atoms with Crippen molar-refractivity contribution in [1.82, 2.24) is 4.90 Å². The minimum atomic E-state index is -0.878. The Hall–Kier alpha value is -1.72. The Bertz CT molecular complexity index is 519. The van der Waals surface area contributed by atoms with Gasteiger partial charge in [0, 0.05) is 0 Å². The number of imide groups is 1. The lowest BCUT2D eigenvalue weighted by Gasteiger charge is -2.27. The molecule has 1 aromatic rings. The van der Waals surface area contributed by atoms with Crippen molar-refractivity contribution in [3.63, 3.8) is 0 Å². The Morgan fingerprint density at radius 2 is 1.63 bits per heavy atom. The van der Waals surface area contributed by atoms with Crippen molar-refractivity contribution in [2.45, 2.75) is 32.3 Å². The van der Waals surface area contributed by atoms with Gasteiger partial charge in [0.1, 0.15) is 6.10 Å². The Morgan fingerprint density at radius 1 is 1.16 bits per heavy atom. The zero-order chi connectivity index (χ0) is 13.7. The molecule has 5 nitrogen and oxygen atoms in total. The average molecular weight is 261 g/mol. The lowest BCUT2D eigenvalue weighted by Crippen LogP contribution is -2.47. The summed E-state index contributed by atoms with van der Waals surface area (Å²) in [5, 5.41) is 9.42. The van der Waals surface area contributed by atoms with Crippen LogP contribution < -0.4 is 0 Å². The van der Waals surface area contributed by atoms with Gasteiger partial charge in [-0.1, -0.05) is 26.0 Å². The van der Waals surface area contributed by atoms with E-state index in [4.69, 9.17) is 4.74 Å². The number of fused-ring (bicyclic) bond motifs is 1. The molecule has 1 N–H and O–H groups in total. The number of aliphatic hydroxyl groups is 1. The van der Waals surface area contributed by atoms with Crippen LogP contribution in [-0.2, 0) is 4.74 Å². The minimum absolute atomic E-state index is 0.0179. The highest BCUT2D eigenvalue weighted by Gasteiger charge is 2.52. The first-order chi connectivity index (χ1) is 9.02. The third-order valence-corrected chi connectivity index (χ3v) is 3.64. The predicted molar refractivity (Wildman–Crippen MR) is 66.4 cm³/mol. The summed E-state index contributed by atoms with van der Waals surface area (Å²) in [7, 11) is 0. The third-order valence-electron chi connectivity index (χ3n) is 3.64. The van der Waals surface area contributed by atoms with E-state index < -0.39 is 18.4 Å². The van der Waals surface area contributed by atoms with E-state index in [1.807, 2.05) is 13.8 Å². The Morgan fingerprint density at radius 3 is 2.00 bits per heavy atom. The fourth-order valence-electron chi connectivity index (χ4n) is 2.67. The van der Waals surface area contributed by atoms with Gasteiger partial charge in [0.15, 0.2) is 6.29 Å². The topological polar surface area (TPSA) is 70.1 Å². The molecule has 1 fully saturated rings. The normalized spacial score (nSPS) is 26.8. The molecule has 2 aliphatic heterocycles. The third kappa shape index (κ3) is 1.77. The summed E-state index contributed by atoms with van der Waals surface area (Å²) in [6.07, 6.45) is -1.35. The van der Waals surface area contributed by atoms with Gasteiger partial charge in [0.2, 0.25) is 0 Å². The Labute approximate surface area is 110 Å². The first kappa shape index (κ1) is 12.3. The summed E-state index contributed by atoms with van der Waals surface area (Å²) in [6, 6.07) is 6.34. The maximum Gasteiger partial charge on any atom is 0.261 e. The van der Waals surface area contributed by atoms with Crippen LogP contribution in [0.2, 0.25) is 0 Å². The molecular formula is C14H15NO4. The number of hydrogen-bond donors (Lipinski definition) is 1. The van der Waals surface area contributed by atoms with Crippen molar-refractivity contribution < 1.29 is 19.4 Å². The van der Waals surface area contributed by atoms with Crippen molar-refractivity contribution in [2.75, 3.05) is 0 Å². The molecule has 2 aliphatic rings. The summed E-state index contributed by atoms with van der Waals surface area (Å²) < 4.78 is 5.06.